The number of sulfonamides is 1. The highest BCUT2D eigenvalue weighted by molar-refractivity contribution is 7.99. The molecule has 0 aliphatic carbocycles. The zero-order chi connectivity index (χ0) is 22.8. The molecule has 1 atom stereocenters. The van der Waals surface area contributed by atoms with Crippen molar-refractivity contribution >= 4 is 21.8 Å². The minimum atomic E-state index is -4.80. The molecule has 2 heterocycles. The Bertz CT molecular complexity index is 1140. The molecule has 6 nitrogen and oxygen atoms in total. The monoisotopic (exact) mass is 471 g/mol. The van der Waals surface area contributed by atoms with E-state index in [1.54, 1.807) is 51.1 Å². The molecule has 0 amide bonds. The Morgan fingerprint density at radius 2 is 1.84 bits per heavy atom. The fourth-order valence-electron chi connectivity index (χ4n) is 3.16. The Balaban J connectivity index is 1.82. The molecule has 0 saturated carbocycles. The van der Waals surface area contributed by atoms with E-state index in [4.69, 9.17) is 4.42 Å². The van der Waals surface area contributed by atoms with E-state index in [0.717, 1.165) is 5.56 Å². The van der Waals surface area contributed by atoms with Gasteiger partial charge in [-0.1, -0.05) is 29.5 Å². The quantitative estimate of drug-likeness (QED) is 0.398. The molecule has 0 spiro atoms. The van der Waals surface area contributed by atoms with Gasteiger partial charge in [-0.2, -0.15) is 17.9 Å². The summed E-state index contributed by atoms with van der Waals surface area (Å²) < 4.78 is 73.6. The second kappa shape index (κ2) is 9.01. The van der Waals surface area contributed by atoms with Crippen LogP contribution in [0.15, 0.2) is 57.3 Å². The van der Waals surface area contributed by atoms with Gasteiger partial charge in [0.05, 0.1) is 11.2 Å². The minimum Gasteiger partial charge on any atom is -0.463 e. The van der Waals surface area contributed by atoms with E-state index < -0.39 is 28.0 Å². The van der Waals surface area contributed by atoms with Gasteiger partial charge in [0.2, 0.25) is 10.0 Å². The van der Waals surface area contributed by atoms with Gasteiger partial charge in [0, 0.05) is 11.9 Å². The summed E-state index contributed by atoms with van der Waals surface area (Å²) in [5.41, 5.74) is 2.00. The van der Waals surface area contributed by atoms with Gasteiger partial charge in [-0.25, -0.2) is 18.4 Å². The normalized spacial score (nSPS) is 13.4. The maximum Gasteiger partial charge on any atom is 0.405 e. The number of alkyl halides is 3. The summed E-state index contributed by atoms with van der Waals surface area (Å²) >= 11 is 0.703. The average molecular weight is 472 g/mol. The van der Waals surface area contributed by atoms with Gasteiger partial charge in [-0.05, 0) is 50.1 Å². The van der Waals surface area contributed by atoms with Crippen LogP contribution in [0.1, 0.15) is 16.7 Å². The highest BCUT2D eigenvalue weighted by atomic mass is 32.2. The highest BCUT2D eigenvalue weighted by Gasteiger charge is 2.43. The number of thioether (sulfide) groups is 1. The van der Waals surface area contributed by atoms with Gasteiger partial charge in [0.1, 0.15) is 11.7 Å². The lowest BCUT2D eigenvalue weighted by Gasteiger charge is -2.22. The van der Waals surface area contributed by atoms with E-state index in [0.29, 0.717) is 34.3 Å². The lowest BCUT2D eigenvalue weighted by Crippen LogP contribution is -2.47. The standard InChI is InChI=1S/C20H20F3N3O3S2/c1-12-9-13(2)18(14(3)10-12)31(27,28)26-17(20(21,22)23)11-30-19-24-7-6-15(25-19)16-5-4-8-29-16/h4-10,17,26H,11H2,1-3H3. The molecule has 0 bridgehead atoms. The molecule has 31 heavy (non-hydrogen) atoms. The van der Waals surface area contributed by atoms with E-state index >= 15 is 0 Å². The van der Waals surface area contributed by atoms with E-state index in [1.165, 1.54) is 12.5 Å². The summed E-state index contributed by atoms with van der Waals surface area (Å²) in [4.78, 5) is 7.99. The number of aromatic nitrogens is 2. The largest absolute Gasteiger partial charge is 0.463 e. The second-order valence-corrected chi connectivity index (χ2v) is 9.59. The van der Waals surface area contributed by atoms with E-state index in [9.17, 15) is 21.6 Å². The second-order valence-electron chi connectivity index (χ2n) is 6.96. The smallest absolute Gasteiger partial charge is 0.405 e. The molecule has 0 radical (unpaired) electrons. The van der Waals surface area contributed by atoms with Crippen molar-refractivity contribution in [2.24, 2.45) is 0 Å². The highest BCUT2D eigenvalue weighted by Crippen LogP contribution is 2.29. The number of furan rings is 1. The zero-order valence-electron chi connectivity index (χ0n) is 16.9. The first kappa shape index (κ1) is 23.3. The van der Waals surface area contributed by atoms with Gasteiger partial charge in [-0.15, -0.1) is 0 Å². The summed E-state index contributed by atoms with van der Waals surface area (Å²) in [6.07, 6.45) is -1.95. The molecule has 0 fully saturated rings. The molecule has 1 N–H and O–H groups in total. The predicted octanol–water partition coefficient (Wildman–Crippen LogP) is 4.66. The van der Waals surface area contributed by atoms with Crippen molar-refractivity contribution in [3.8, 4) is 11.5 Å². The van der Waals surface area contributed by atoms with Crippen molar-refractivity contribution in [3.63, 3.8) is 0 Å². The SMILES string of the molecule is Cc1cc(C)c(S(=O)(=O)NC(CSc2nccc(-c3ccco3)n2)C(F)(F)F)c(C)c1. The van der Waals surface area contributed by atoms with E-state index in [1.807, 2.05) is 4.72 Å². The topological polar surface area (TPSA) is 85.1 Å². The van der Waals surface area contributed by atoms with Crippen molar-refractivity contribution in [2.75, 3.05) is 5.75 Å². The van der Waals surface area contributed by atoms with Crippen molar-refractivity contribution in [2.45, 2.75) is 43.0 Å². The van der Waals surface area contributed by atoms with Crippen LogP contribution in [-0.4, -0.2) is 36.4 Å². The number of aryl methyl sites for hydroxylation is 3. The first-order valence-electron chi connectivity index (χ1n) is 9.14. The molecule has 1 aromatic carbocycles. The molecule has 0 aliphatic heterocycles. The molecular weight excluding hydrogens is 451 g/mol. The van der Waals surface area contributed by atoms with Crippen LogP contribution in [0.4, 0.5) is 13.2 Å². The summed E-state index contributed by atoms with van der Waals surface area (Å²) in [6, 6.07) is 5.80. The van der Waals surface area contributed by atoms with Crippen LogP contribution in [0.2, 0.25) is 0 Å². The molecule has 0 saturated heterocycles. The Morgan fingerprint density at radius 3 is 2.42 bits per heavy atom. The lowest BCUT2D eigenvalue weighted by atomic mass is 10.1. The van der Waals surface area contributed by atoms with Gasteiger partial charge < -0.3 is 4.42 Å². The molecule has 0 aliphatic rings. The van der Waals surface area contributed by atoms with E-state index in [-0.39, 0.29) is 10.1 Å². The van der Waals surface area contributed by atoms with Crippen molar-refractivity contribution in [1.82, 2.24) is 14.7 Å². The van der Waals surface area contributed by atoms with Crippen molar-refractivity contribution in [1.29, 1.82) is 0 Å². The van der Waals surface area contributed by atoms with Gasteiger partial charge in [0.15, 0.2) is 10.9 Å². The van der Waals surface area contributed by atoms with Crippen LogP contribution in [0.3, 0.4) is 0 Å². The van der Waals surface area contributed by atoms with Crippen molar-refractivity contribution in [3.05, 3.63) is 59.5 Å². The summed E-state index contributed by atoms with van der Waals surface area (Å²) in [6.45, 7) is 4.90. The number of hydrogen-bond acceptors (Lipinski definition) is 6. The predicted molar refractivity (Wildman–Crippen MR) is 111 cm³/mol. The summed E-state index contributed by atoms with van der Waals surface area (Å²) in [5, 5.41) is 0.0741. The number of halogens is 3. The maximum absolute atomic E-state index is 13.6. The number of benzene rings is 1. The Hall–Kier alpha value is -2.37. The van der Waals surface area contributed by atoms with Crippen LogP contribution in [0.5, 0.6) is 0 Å². The third kappa shape index (κ3) is 5.66. The maximum atomic E-state index is 13.6. The number of nitrogens with one attached hydrogen (secondary N) is 1. The minimum absolute atomic E-state index is 0.0741. The molecular formula is C20H20F3N3O3S2. The molecule has 1 unspecified atom stereocenters. The fourth-order valence-corrected chi connectivity index (χ4v) is 5.83. The third-order valence-electron chi connectivity index (χ3n) is 4.35. The average Bonchev–Trinajstić information content (AvgIpc) is 3.18. The number of rotatable bonds is 7. The van der Waals surface area contributed by atoms with Crippen LogP contribution in [0.25, 0.3) is 11.5 Å². The molecule has 3 rings (SSSR count). The molecule has 11 heteroatoms. The fraction of sp³-hybridized carbons (Fsp3) is 0.300. The van der Waals surface area contributed by atoms with Crippen LogP contribution >= 0.6 is 11.8 Å². The summed E-state index contributed by atoms with van der Waals surface area (Å²) in [7, 11) is -4.41. The third-order valence-corrected chi connectivity index (χ3v) is 7.08. The van der Waals surface area contributed by atoms with E-state index in [2.05, 4.69) is 9.97 Å². The van der Waals surface area contributed by atoms with Crippen molar-refractivity contribution < 1.29 is 26.0 Å². The zero-order valence-corrected chi connectivity index (χ0v) is 18.5. The first-order valence-corrected chi connectivity index (χ1v) is 11.6. The molecule has 166 valence electrons. The number of hydrogen-bond donors (Lipinski definition) is 1. The Labute approximate surface area is 182 Å². The number of nitrogens with zero attached hydrogens (tertiary/aromatic N) is 2. The van der Waals surface area contributed by atoms with Gasteiger partial charge in [-0.3, -0.25) is 0 Å². The Morgan fingerprint density at radius 1 is 1.16 bits per heavy atom. The van der Waals surface area contributed by atoms with Gasteiger partial charge in [0.25, 0.3) is 0 Å². The first-order chi connectivity index (χ1) is 14.5. The summed E-state index contributed by atoms with van der Waals surface area (Å²) in [5.74, 6) is -0.184. The van der Waals surface area contributed by atoms with Crippen LogP contribution < -0.4 is 4.72 Å². The van der Waals surface area contributed by atoms with Crippen LogP contribution in [0, 0.1) is 20.8 Å². The molecule has 3 aromatic rings. The van der Waals surface area contributed by atoms with Crippen LogP contribution in [-0.2, 0) is 10.0 Å². The van der Waals surface area contributed by atoms with Gasteiger partial charge >= 0.3 is 6.18 Å². The Kier molecular flexibility index (Phi) is 6.77. The molecule has 2 aromatic heterocycles. The lowest BCUT2D eigenvalue weighted by molar-refractivity contribution is -0.145.